The standard InChI is InChI=1S/C30H27N3O7S/c1-4-12-32-22-15-20(10-11-23(22)40-16-24(32)34)26(35)19(3)33-17-31-28-25(29(33)36)18(2)27(41-28)30(37)39-14-13-38-21-8-6-5-7-9-21/h4-11,15,17,19H,1,12-14,16H2,2-3H3. The highest BCUT2D eigenvalue weighted by Gasteiger charge is 2.28. The highest BCUT2D eigenvalue weighted by Crippen LogP contribution is 2.34. The fourth-order valence-electron chi connectivity index (χ4n) is 4.54. The number of rotatable bonds is 10. The van der Waals surface area contributed by atoms with Crippen molar-refractivity contribution in [3.63, 3.8) is 0 Å². The molecule has 11 heteroatoms. The molecule has 5 rings (SSSR count). The lowest BCUT2D eigenvalue weighted by molar-refractivity contribution is -0.121. The minimum atomic E-state index is -0.907. The van der Waals surface area contributed by atoms with Crippen molar-refractivity contribution >= 4 is 44.9 Å². The fraction of sp³-hybridized carbons (Fsp3) is 0.233. The average molecular weight is 574 g/mol. The number of carbonyl (C=O) groups excluding carboxylic acids is 3. The van der Waals surface area contributed by atoms with Crippen LogP contribution < -0.4 is 19.9 Å². The summed E-state index contributed by atoms with van der Waals surface area (Å²) in [5, 5.41) is 0.256. The Morgan fingerprint density at radius 2 is 1.95 bits per heavy atom. The van der Waals surface area contributed by atoms with E-state index in [-0.39, 0.29) is 48.3 Å². The van der Waals surface area contributed by atoms with E-state index < -0.39 is 17.6 Å². The van der Waals surface area contributed by atoms with Crippen molar-refractivity contribution in [2.45, 2.75) is 19.9 Å². The van der Waals surface area contributed by atoms with E-state index in [1.54, 1.807) is 50.3 Å². The molecule has 0 spiro atoms. The molecule has 2 aromatic carbocycles. The summed E-state index contributed by atoms with van der Waals surface area (Å²) in [6.07, 6.45) is 2.90. The zero-order chi connectivity index (χ0) is 29.1. The number of esters is 1. The van der Waals surface area contributed by atoms with E-state index in [0.29, 0.717) is 33.1 Å². The van der Waals surface area contributed by atoms with Crippen LogP contribution in [0.2, 0.25) is 0 Å². The Morgan fingerprint density at radius 3 is 2.71 bits per heavy atom. The van der Waals surface area contributed by atoms with Gasteiger partial charge in [-0.3, -0.25) is 19.0 Å². The van der Waals surface area contributed by atoms with E-state index in [2.05, 4.69) is 11.6 Å². The normalized spacial score (nSPS) is 13.3. The number of hydrogen-bond donors (Lipinski definition) is 0. The first kappa shape index (κ1) is 27.8. The van der Waals surface area contributed by atoms with Gasteiger partial charge in [0.1, 0.15) is 34.4 Å². The van der Waals surface area contributed by atoms with Crippen molar-refractivity contribution in [3.05, 3.63) is 93.9 Å². The molecule has 3 heterocycles. The van der Waals surface area contributed by atoms with Gasteiger partial charge in [0.15, 0.2) is 12.4 Å². The maximum absolute atomic E-state index is 13.5. The van der Waals surface area contributed by atoms with E-state index >= 15 is 0 Å². The Hall–Kier alpha value is -4.77. The summed E-state index contributed by atoms with van der Waals surface area (Å²) in [5.41, 5.74) is 0.765. The zero-order valence-corrected chi connectivity index (χ0v) is 23.3. The van der Waals surface area contributed by atoms with Gasteiger partial charge in [0.2, 0.25) is 0 Å². The summed E-state index contributed by atoms with van der Waals surface area (Å²) in [4.78, 5) is 58.6. The molecule has 0 radical (unpaired) electrons. The van der Waals surface area contributed by atoms with Gasteiger partial charge in [-0.15, -0.1) is 17.9 Å². The van der Waals surface area contributed by atoms with Crippen molar-refractivity contribution in [2.75, 3.05) is 31.3 Å². The fourth-order valence-corrected chi connectivity index (χ4v) is 5.57. The van der Waals surface area contributed by atoms with Gasteiger partial charge in [0, 0.05) is 12.1 Å². The number of para-hydroxylation sites is 1. The number of thiophene rings is 1. The molecular formula is C30H27N3O7S. The van der Waals surface area contributed by atoms with Crippen LogP contribution in [0, 0.1) is 6.92 Å². The van der Waals surface area contributed by atoms with Crippen LogP contribution in [0.25, 0.3) is 10.2 Å². The summed E-state index contributed by atoms with van der Waals surface area (Å²) >= 11 is 1.06. The van der Waals surface area contributed by atoms with Crippen LogP contribution in [0.1, 0.15) is 38.6 Å². The highest BCUT2D eigenvalue weighted by atomic mass is 32.1. The third-order valence-corrected chi connectivity index (χ3v) is 7.86. The summed E-state index contributed by atoms with van der Waals surface area (Å²) in [5.74, 6) is -0.0187. The number of fused-ring (bicyclic) bond motifs is 2. The molecule has 210 valence electrons. The number of aromatic nitrogens is 2. The van der Waals surface area contributed by atoms with Gasteiger partial charge in [0.05, 0.1) is 23.4 Å². The monoisotopic (exact) mass is 573 g/mol. The molecule has 1 aliphatic heterocycles. The number of ether oxygens (including phenoxy) is 3. The van der Waals surface area contributed by atoms with Gasteiger partial charge in [-0.05, 0) is 49.7 Å². The Bertz CT molecular complexity index is 1710. The minimum Gasteiger partial charge on any atom is -0.490 e. The Morgan fingerprint density at radius 1 is 1.17 bits per heavy atom. The first-order valence-corrected chi connectivity index (χ1v) is 13.7. The summed E-state index contributed by atoms with van der Waals surface area (Å²) < 4.78 is 17.7. The molecule has 41 heavy (non-hydrogen) atoms. The van der Waals surface area contributed by atoms with Gasteiger partial charge in [-0.2, -0.15) is 0 Å². The van der Waals surface area contributed by atoms with E-state index in [4.69, 9.17) is 14.2 Å². The summed E-state index contributed by atoms with van der Waals surface area (Å²) in [7, 11) is 0. The van der Waals surface area contributed by atoms with Crippen molar-refractivity contribution in [1.82, 2.24) is 9.55 Å². The second-order valence-electron chi connectivity index (χ2n) is 9.30. The van der Waals surface area contributed by atoms with E-state index in [1.165, 1.54) is 15.8 Å². The number of ketones is 1. The predicted octanol–water partition coefficient (Wildman–Crippen LogP) is 4.36. The quantitative estimate of drug-likeness (QED) is 0.119. The lowest BCUT2D eigenvalue weighted by atomic mass is 10.0. The average Bonchev–Trinajstić information content (AvgIpc) is 3.33. The molecule has 0 N–H and O–H groups in total. The highest BCUT2D eigenvalue weighted by molar-refractivity contribution is 7.20. The lowest BCUT2D eigenvalue weighted by Gasteiger charge is -2.29. The Labute approximate surface area is 239 Å². The van der Waals surface area contributed by atoms with Crippen molar-refractivity contribution < 1.29 is 28.6 Å². The number of amides is 1. The molecule has 0 fully saturated rings. The number of hydrogen-bond acceptors (Lipinski definition) is 9. The van der Waals surface area contributed by atoms with Crippen molar-refractivity contribution in [2.24, 2.45) is 0 Å². The SMILES string of the molecule is C=CCN1C(=O)COc2ccc(C(=O)C(C)n3cnc4sc(C(=O)OCCOc5ccccc5)c(C)c4c3=O)cc21. The number of aryl methyl sites for hydroxylation is 1. The molecule has 1 atom stereocenters. The molecule has 2 aromatic heterocycles. The number of Topliss-reactive ketones (excluding diaryl/α,β-unsaturated/α-hetero) is 1. The summed E-state index contributed by atoms with van der Waals surface area (Å²) in [6, 6.07) is 13.1. The molecule has 4 aromatic rings. The third-order valence-electron chi connectivity index (χ3n) is 6.68. The first-order valence-electron chi connectivity index (χ1n) is 12.9. The molecule has 0 saturated heterocycles. The molecule has 1 aliphatic rings. The molecule has 1 amide bonds. The molecule has 1 unspecified atom stereocenters. The van der Waals surface area contributed by atoms with Gasteiger partial charge in [-0.25, -0.2) is 9.78 Å². The molecule has 0 bridgehead atoms. The van der Waals surface area contributed by atoms with Gasteiger partial charge in [-0.1, -0.05) is 24.3 Å². The van der Waals surface area contributed by atoms with Crippen LogP contribution in [-0.4, -0.2) is 53.6 Å². The van der Waals surface area contributed by atoms with Crippen molar-refractivity contribution in [3.8, 4) is 11.5 Å². The van der Waals surface area contributed by atoms with Gasteiger partial charge >= 0.3 is 5.97 Å². The molecule has 10 nitrogen and oxygen atoms in total. The van der Waals surface area contributed by atoms with Crippen LogP contribution in [-0.2, 0) is 9.53 Å². The Balaban J connectivity index is 1.35. The number of benzene rings is 2. The van der Waals surface area contributed by atoms with Crippen LogP contribution in [0.4, 0.5) is 5.69 Å². The van der Waals surface area contributed by atoms with Crippen LogP contribution in [0.5, 0.6) is 11.5 Å². The minimum absolute atomic E-state index is 0.0340. The van der Waals surface area contributed by atoms with Crippen molar-refractivity contribution in [1.29, 1.82) is 0 Å². The van der Waals surface area contributed by atoms with E-state index in [9.17, 15) is 19.2 Å². The van der Waals surface area contributed by atoms with E-state index in [1.807, 2.05) is 18.2 Å². The smallest absolute Gasteiger partial charge is 0.348 e. The van der Waals surface area contributed by atoms with Gasteiger partial charge < -0.3 is 19.1 Å². The van der Waals surface area contributed by atoms with Crippen LogP contribution in [0.15, 0.2) is 72.3 Å². The number of anilines is 1. The van der Waals surface area contributed by atoms with Crippen LogP contribution >= 0.6 is 11.3 Å². The second-order valence-corrected chi connectivity index (χ2v) is 10.3. The molecule has 0 saturated carbocycles. The predicted molar refractivity (Wildman–Crippen MR) is 154 cm³/mol. The maximum atomic E-state index is 13.5. The lowest BCUT2D eigenvalue weighted by Crippen LogP contribution is -2.39. The van der Waals surface area contributed by atoms with E-state index in [0.717, 1.165) is 11.3 Å². The zero-order valence-electron chi connectivity index (χ0n) is 22.5. The first-order chi connectivity index (χ1) is 19.8. The second kappa shape index (κ2) is 11.8. The van der Waals surface area contributed by atoms with Gasteiger partial charge in [0.25, 0.3) is 11.5 Å². The number of nitrogens with zero attached hydrogens (tertiary/aromatic N) is 3. The van der Waals surface area contributed by atoms with Crippen LogP contribution in [0.3, 0.4) is 0 Å². The molecule has 0 aliphatic carbocycles. The largest absolute Gasteiger partial charge is 0.490 e. The third kappa shape index (κ3) is 5.48. The Kier molecular flexibility index (Phi) is 7.97. The molecular weight excluding hydrogens is 546 g/mol. The summed E-state index contributed by atoms with van der Waals surface area (Å²) in [6.45, 7) is 7.34. The topological polar surface area (TPSA) is 117 Å². The number of carbonyl (C=O) groups is 3. The maximum Gasteiger partial charge on any atom is 0.348 e.